The van der Waals surface area contributed by atoms with Crippen LogP contribution in [0.4, 0.5) is 0 Å². The van der Waals surface area contributed by atoms with Crippen LogP contribution in [0.25, 0.3) is 5.57 Å². The molecule has 0 radical (unpaired) electrons. The first kappa shape index (κ1) is 11.6. The summed E-state index contributed by atoms with van der Waals surface area (Å²) in [6.45, 7) is 2.14. The summed E-state index contributed by atoms with van der Waals surface area (Å²) in [6, 6.07) is 19.5. The van der Waals surface area contributed by atoms with E-state index in [9.17, 15) is 0 Å². The molecule has 3 rings (SSSR count). The minimum absolute atomic E-state index is 1.22. The lowest BCUT2D eigenvalue weighted by molar-refractivity contribution is 0.967. The normalized spacial score (nSPS) is 14.5. The highest BCUT2D eigenvalue weighted by atomic mass is 32.2. The van der Waals surface area contributed by atoms with Crippen molar-refractivity contribution in [2.24, 2.45) is 0 Å². The molecule has 0 fully saturated rings. The fourth-order valence-corrected chi connectivity index (χ4v) is 3.28. The molecule has 0 unspecified atom stereocenters. The fraction of sp³-hybridized carbons (Fsp3) is 0.176. The Morgan fingerprint density at radius 1 is 0.833 bits per heavy atom. The van der Waals surface area contributed by atoms with E-state index < -0.39 is 0 Å². The summed E-state index contributed by atoms with van der Waals surface area (Å²) in [7, 11) is 0. The van der Waals surface area contributed by atoms with Crippen LogP contribution in [-0.2, 0) is 0 Å². The van der Waals surface area contributed by atoms with Crippen molar-refractivity contribution in [3.63, 3.8) is 0 Å². The third-order valence-electron chi connectivity index (χ3n) is 3.32. The SMILES string of the molecule is Cc1ccc(C2=C(Sc3ccccc3)CC2)cc1. The monoisotopic (exact) mass is 252 g/mol. The molecule has 0 heterocycles. The molecule has 2 aromatic carbocycles. The summed E-state index contributed by atoms with van der Waals surface area (Å²) in [4.78, 5) is 2.88. The Morgan fingerprint density at radius 3 is 2.17 bits per heavy atom. The van der Waals surface area contributed by atoms with Crippen molar-refractivity contribution in [3.8, 4) is 0 Å². The number of allylic oxidation sites excluding steroid dienone is 2. The van der Waals surface area contributed by atoms with Gasteiger partial charge in [-0.3, -0.25) is 0 Å². The van der Waals surface area contributed by atoms with Gasteiger partial charge < -0.3 is 0 Å². The van der Waals surface area contributed by atoms with Gasteiger partial charge in [-0.15, -0.1) is 0 Å². The zero-order chi connectivity index (χ0) is 12.4. The largest absolute Gasteiger partial charge is 0.0942 e. The first-order chi connectivity index (χ1) is 8.83. The Balaban J connectivity index is 1.84. The maximum absolute atomic E-state index is 2.25. The van der Waals surface area contributed by atoms with E-state index in [1.54, 1.807) is 0 Å². The standard InChI is InChI=1S/C17H16S/c1-13-7-9-14(10-8-13)16-11-12-17(16)18-15-5-3-2-4-6-15/h2-10H,11-12H2,1H3. The van der Waals surface area contributed by atoms with Gasteiger partial charge in [0.15, 0.2) is 0 Å². The highest BCUT2D eigenvalue weighted by molar-refractivity contribution is 8.03. The molecule has 2 aromatic rings. The average Bonchev–Trinajstić information content (AvgIpc) is 2.39. The molecule has 0 nitrogen and oxygen atoms in total. The van der Waals surface area contributed by atoms with Crippen molar-refractivity contribution in [2.75, 3.05) is 0 Å². The van der Waals surface area contributed by atoms with Gasteiger partial charge in [0.2, 0.25) is 0 Å². The molecule has 0 amide bonds. The van der Waals surface area contributed by atoms with E-state index in [2.05, 4.69) is 61.5 Å². The Morgan fingerprint density at radius 2 is 1.56 bits per heavy atom. The van der Waals surface area contributed by atoms with E-state index in [1.807, 2.05) is 11.8 Å². The van der Waals surface area contributed by atoms with Crippen LogP contribution in [0.1, 0.15) is 24.0 Å². The summed E-state index contributed by atoms with van der Waals surface area (Å²) >= 11 is 1.92. The molecule has 0 atom stereocenters. The molecular weight excluding hydrogens is 236 g/mol. The molecule has 0 bridgehead atoms. The van der Waals surface area contributed by atoms with Gasteiger partial charge in [-0.05, 0) is 47.9 Å². The van der Waals surface area contributed by atoms with Crippen LogP contribution in [-0.4, -0.2) is 0 Å². The van der Waals surface area contributed by atoms with Gasteiger partial charge in [-0.25, -0.2) is 0 Å². The van der Waals surface area contributed by atoms with E-state index in [4.69, 9.17) is 0 Å². The van der Waals surface area contributed by atoms with E-state index in [0.717, 1.165) is 0 Å². The topological polar surface area (TPSA) is 0 Å². The second kappa shape index (κ2) is 5.03. The van der Waals surface area contributed by atoms with Crippen LogP contribution < -0.4 is 0 Å². The zero-order valence-electron chi connectivity index (χ0n) is 10.5. The van der Waals surface area contributed by atoms with Crippen molar-refractivity contribution in [3.05, 3.63) is 70.6 Å². The second-order valence-corrected chi connectivity index (χ2v) is 5.85. The van der Waals surface area contributed by atoms with Gasteiger partial charge in [-0.1, -0.05) is 59.8 Å². The molecule has 18 heavy (non-hydrogen) atoms. The van der Waals surface area contributed by atoms with Crippen molar-refractivity contribution < 1.29 is 0 Å². The number of thioether (sulfide) groups is 1. The summed E-state index contributed by atoms with van der Waals surface area (Å²) in [5.41, 5.74) is 4.25. The predicted octanol–water partition coefficient (Wildman–Crippen LogP) is 5.29. The van der Waals surface area contributed by atoms with Gasteiger partial charge >= 0.3 is 0 Å². The van der Waals surface area contributed by atoms with Crippen LogP contribution in [0.15, 0.2) is 64.4 Å². The lowest BCUT2D eigenvalue weighted by Gasteiger charge is -2.23. The zero-order valence-corrected chi connectivity index (χ0v) is 11.3. The molecule has 0 aromatic heterocycles. The quantitative estimate of drug-likeness (QED) is 0.715. The number of aryl methyl sites for hydroxylation is 1. The third-order valence-corrected chi connectivity index (χ3v) is 4.53. The lowest BCUT2D eigenvalue weighted by Crippen LogP contribution is -2.00. The van der Waals surface area contributed by atoms with E-state index in [1.165, 1.54) is 39.3 Å². The van der Waals surface area contributed by atoms with Gasteiger partial charge in [0.1, 0.15) is 0 Å². The smallest absolute Gasteiger partial charge is 0.0119 e. The van der Waals surface area contributed by atoms with Crippen LogP contribution >= 0.6 is 11.8 Å². The summed E-state index contributed by atoms with van der Waals surface area (Å²) < 4.78 is 0. The molecule has 0 saturated heterocycles. The molecule has 0 N–H and O–H groups in total. The molecule has 0 aliphatic heterocycles. The first-order valence-corrected chi connectivity index (χ1v) is 7.16. The van der Waals surface area contributed by atoms with Crippen molar-refractivity contribution in [2.45, 2.75) is 24.7 Å². The number of benzene rings is 2. The number of hydrogen-bond acceptors (Lipinski definition) is 1. The van der Waals surface area contributed by atoms with Gasteiger partial charge in [-0.2, -0.15) is 0 Å². The summed E-state index contributed by atoms with van der Waals surface area (Å²) in [5, 5.41) is 0. The van der Waals surface area contributed by atoms with Crippen molar-refractivity contribution >= 4 is 17.3 Å². The Labute approximate surface area is 113 Å². The highest BCUT2D eigenvalue weighted by Crippen LogP contribution is 2.45. The van der Waals surface area contributed by atoms with Crippen LogP contribution in [0.5, 0.6) is 0 Å². The molecule has 0 saturated carbocycles. The van der Waals surface area contributed by atoms with E-state index in [-0.39, 0.29) is 0 Å². The molecule has 1 aliphatic carbocycles. The molecular formula is C17H16S. The van der Waals surface area contributed by atoms with Crippen molar-refractivity contribution in [1.82, 2.24) is 0 Å². The fourth-order valence-electron chi connectivity index (χ4n) is 2.16. The van der Waals surface area contributed by atoms with E-state index in [0.29, 0.717) is 0 Å². The Kier molecular flexibility index (Phi) is 3.24. The lowest BCUT2D eigenvalue weighted by atomic mass is 9.91. The minimum atomic E-state index is 1.22. The molecule has 1 aliphatic rings. The van der Waals surface area contributed by atoms with Gasteiger partial charge in [0.25, 0.3) is 0 Å². The number of rotatable bonds is 3. The average molecular weight is 252 g/mol. The summed E-state index contributed by atoms with van der Waals surface area (Å²) in [5.74, 6) is 0. The maximum atomic E-state index is 2.25. The predicted molar refractivity (Wildman–Crippen MR) is 79.6 cm³/mol. The second-order valence-electron chi connectivity index (χ2n) is 4.68. The minimum Gasteiger partial charge on any atom is -0.0942 e. The van der Waals surface area contributed by atoms with Crippen molar-refractivity contribution in [1.29, 1.82) is 0 Å². The van der Waals surface area contributed by atoms with Crippen LogP contribution in [0.3, 0.4) is 0 Å². The highest BCUT2D eigenvalue weighted by Gasteiger charge is 2.19. The third kappa shape index (κ3) is 2.37. The molecule has 0 spiro atoms. The Hall–Kier alpha value is -1.47. The Bertz CT molecular complexity index is 564. The van der Waals surface area contributed by atoms with E-state index >= 15 is 0 Å². The number of hydrogen-bond donors (Lipinski definition) is 0. The van der Waals surface area contributed by atoms with Gasteiger partial charge in [0.05, 0.1) is 0 Å². The molecule has 90 valence electrons. The maximum Gasteiger partial charge on any atom is 0.0119 e. The van der Waals surface area contributed by atoms with Crippen LogP contribution in [0, 0.1) is 6.92 Å². The first-order valence-electron chi connectivity index (χ1n) is 6.35. The van der Waals surface area contributed by atoms with Crippen LogP contribution in [0.2, 0.25) is 0 Å². The van der Waals surface area contributed by atoms with Gasteiger partial charge in [0, 0.05) is 4.90 Å². The summed E-state index contributed by atoms with van der Waals surface area (Å²) in [6.07, 6.45) is 2.45. The molecule has 1 heteroatoms.